The highest BCUT2D eigenvalue weighted by Crippen LogP contribution is 2.29. The summed E-state index contributed by atoms with van der Waals surface area (Å²) in [7, 11) is 0. The molecule has 0 unspecified atom stereocenters. The van der Waals surface area contributed by atoms with E-state index in [1.165, 1.54) is 23.9 Å². The second kappa shape index (κ2) is 11.2. The van der Waals surface area contributed by atoms with Crippen LogP contribution in [0.15, 0.2) is 53.5 Å². The van der Waals surface area contributed by atoms with Crippen molar-refractivity contribution in [2.75, 3.05) is 49.5 Å². The number of carbonyl (C=O) groups is 3. The summed E-state index contributed by atoms with van der Waals surface area (Å²) in [5.74, 6) is -0.623. The number of benzene rings is 2. The summed E-state index contributed by atoms with van der Waals surface area (Å²) in [5, 5.41) is 13.9. The molecule has 2 fully saturated rings. The Morgan fingerprint density at radius 2 is 1.61 bits per heavy atom. The van der Waals surface area contributed by atoms with Crippen LogP contribution in [0.3, 0.4) is 0 Å². The quantitative estimate of drug-likeness (QED) is 0.441. The highest BCUT2D eigenvalue weighted by Gasteiger charge is 2.33. The van der Waals surface area contributed by atoms with E-state index in [9.17, 15) is 24.5 Å². The lowest BCUT2D eigenvalue weighted by Crippen LogP contribution is -2.48. The molecule has 2 aromatic rings. The number of nitrogens with one attached hydrogen (secondary N) is 1. The first kappa shape index (κ1) is 25.7. The Hall–Kier alpha value is -3.93. The fourth-order valence-electron chi connectivity index (χ4n) is 4.76. The van der Waals surface area contributed by atoms with Gasteiger partial charge >= 0.3 is 0 Å². The van der Waals surface area contributed by atoms with Gasteiger partial charge < -0.3 is 20.0 Å². The number of aliphatic imine (C=N–C) groups is 1. The number of hydrogen-bond acceptors (Lipinski definition) is 8. The summed E-state index contributed by atoms with van der Waals surface area (Å²) in [6.07, 6.45) is 2.23. The molecule has 3 amide bonds. The first-order valence-corrected chi connectivity index (χ1v) is 13.5. The molecule has 12 heteroatoms. The van der Waals surface area contributed by atoms with Crippen molar-refractivity contribution < 1.29 is 19.3 Å². The Bertz CT molecular complexity index is 1250. The van der Waals surface area contributed by atoms with Crippen LogP contribution in [0.25, 0.3) is 0 Å². The van der Waals surface area contributed by atoms with Crippen molar-refractivity contribution in [3.8, 4) is 0 Å². The molecule has 0 aliphatic carbocycles. The van der Waals surface area contributed by atoms with Crippen LogP contribution in [0, 0.1) is 10.1 Å². The normalized spacial score (nSPS) is 19.5. The van der Waals surface area contributed by atoms with Crippen LogP contribution in [0.2, 0.25) is 0 Å². The molecule has 0 radical (unpaired) electrons. The highest BCUT2D eigenvalue weighted by molar-refractivity contribution is 8.15. The molecule has 2 aromatic carbocycles. The van der Waals surface area contributed by atoms with E-state index in [1.54, 1.807) is 41.3 Å². The van der Waals surface area contributed by atoms with Gasteiger partial charge in [0.2, 0.25) is 5.91 Å². The standard InChI is InChI=1S/C26H28N6O5S/c33-23(17-22-24(34)28-26(38-22)31-11-1-2-12-31)27-19-5-3-18(4-6-19)25(35)30-15-13-29(14-16-30)20-7-9-21(10-8-20)32(36)37/h3-10,22H,1-2,11-17H2,(H,27,33)/t22-/m1/s1. The monoisotopic (exact) mass is 536 g/mol. The van der Waals surface area contributed by atoms with Crippen molar-refractivity contribution in [1.29, 1.82) is 0 Å². The van der Waals surface area contributed by atoms with E-state index in [4.69, 9.17) is 0 Å². The summed E-state index contributed by atoms with van der Waals surface area (Å²) in [6, 6.07) is 13.2. The lowest BCUT2D eigenvalue weighted by Gasteiger charge is -2.36. The number of nitrogens with zero attached hydrogens (tertiary/aromatic N) is 5. The maximum Gasteiger partial charge on any atom is 0.269 e. The van der Waals surface area contributed by atoms with Gasteiger partial charge in [-0.2, -0.15) is 4.99 Å². The molecule has 0 spiro atoms. The fraction of sp³-hybridized carbons (Fsp3) is 0.385. The van der Waals surface area contributed by atoms with E-state index < -0.39 is 10.2 Å². The van der Waals surface area contributed by atoms with Gasteiger partial charge in [-0.1, -0.05) is 11.8 Å². The SMILES string of the molecule is O=C(C[C@H]1SC(N2CCCC2)=NC1=O)Nc1ccc(C(=O)N2CCN(c3ccc([N+](=O)[O-])cc3)CC2)cc1. The number of nitro groups is 1. The molecule has 3 heterocycles. The summed E-state index contributed by atoms with van der Waals surface area (Å²) in [4.78, 5) is 58.3. The number of carbonyl (C=O) groups excluding carboxylic acids is 3. The molecule has 38 heavy (non-hydrogen) atoms. The Labute approximate surface area is 224 Å². The van der Waals surface area contributed by atoms with Crippen molar-refractivity contribution in [3.05, 3.63) is 64.2 Å². The number of non-ortho nitro benzene ring substituents is 1. The third-order valence-corrected chi connectivity index (χ3v) is 8.10. The van der Waals surface area contributed by atoms with Gasteiger partial charge in [0, 0.05) is 74.8 Å². The van der Waals surface area contributed by atoms with Crippen LogP contribution < -0.4 is 10.2 Å². The van der Waals surface area contributed by atoms with E-state index in [0.717, 1.165) is 36.8 Å². The molecule has 0 bridgehead atoms. The molecule has 1 atom stereocenters. The van der Waals surface area contributed by atoms with Gasteiger partial charge in [0.15, 0.2) is 5.17 Å². The third kappa shape index (κ3) is 5.80. The zero-order valence-electron chi connectivity index (χ0n) is 20.7. The van der Waals surface area contributed by atoms with Crippen molar-refractivity contribution in [1.82, 2.24) is 9.80 Å². The topological polar surface area (TPSA) is 128 Å². The van der Waals surface area contributed by atoms with E-state index >= 15 is 0 Å². The number of likely N-dealkylation sites (tertiary alicyclic amines) is 1. The minimum atomic E-state index is -0.504. The Balaban J connectivity index is 1.09. The van der Waals surface area contributed by atoms with Crippen LogP contribution in [0.1, 0.15) is 29.6 Å². The molecule has 1 N–H and O–H groups in total. The Kier molecular flexibility index (Phi) is 7.59. The fourth-order valence-corrected chi connectivity index (χ4v) is 5.88. The number of amidine groups is 1. The van der Waals surface area contributed by atoms with E-state index in [2.05, 4.69) is 20.1 Å². The summed E-state index contributed by atoms with van der Waals surface area (Å²) in [5.41, 5.74) is 2.02. The molecule has 0 saturated carbocycles. The number of amides is 3. The second-order valence-corrected chi connectivity index (χ2v) is 10.6. The van der Waals surface area contributed by atoms with Crippen molar-refractivity contribution in [2.24, 2.45) is 4.99 Å². The molecule has 0 aromatic heterocycles. The summed E-state index contributed by atoms with van der Waals surface area (Å²) in [6.45, 7) is 4.11. The van der Waals surface area contributed by atoms with Crippen LogP contribution in [0.4, 0.5) is 17.1 Å². The first-order valence-electron chi connectivity index (χ1n) is 12.6. The van der Waals surface area contributed by atoms with Crippen LogP contribution in [-0.4, -0.2) is 82.1 Å². The van der Waals surface area contributed by atoms with Gasteiger partial charge in [0.25, 0.3) is 17.5 Å². The van der Waals surface area contributed by atoms with E-state index in [-0.39, 0.29) is 29.8 Å². The predicted octanol–water partition coefficient (Wildman–Crippen LogP) is 2.98. The average Bonchev–Trinajstić information content (AvgIpc) is 3.59. The van der Waals surface area contributed by atoms with Gasteiger partial charge in [-0.25, -0.2) is 0 Å². The van der Waals surface area contributed by atoms with Crippen molar-refractivity contribution in [3.63, 3.8) is 0 Å². The van der Waals surface area contributed by atoms with E-state index in [1.807, 2.05) is 0 Å². The maximum absolute atomic E-state index is 13.0. The Morgan fingerprint density at radius 1 is 0.947 bits per heavy atom. The molecule has 198 valence electrons. The zero-order valence-corrected chi connectivity index (χ0v) is 21.6. The predicted molar refractivity (Wildman–Crippen MR) is 146 cm³/mol. The number of hydrogen-bond donors (Lipinski definition) is 1. The molecular weight excluding hydrogens is 508 g/mol. The lowest BCUT2D eigenvalue weighted by molar-refractivity contribution is -0.384. The van der Waals surface area contributed by atoms with Gasteiger partial charge in [0.1, 0.15) is 5.25 Å². The number of rotatable bonds is 6. The smallest absolute Gasteiger partial charge is 0.269 e. The number of thioether (sulfide) groups is 1. The Morgan fingerprint density at radius 3 is 2.24 bits per heavy atom. The minimum Gasteiger partial charge on any atom is -0.368 e. The minimum absolute atomic E-state index is 0.0457. The number of nitro benzene ring substituents is 1. The van der Waals surface area contributed by atoms with Gasteiger partial charge in [-0.05, 0) is 49.2 Å². The summed E-state index contributed by atoms with van der Waals surface area (Å²) < 4.78 is 0. The van der Waals surface area contributed by atoms with Crippen molar-refractivity contribution >= 4 is 51.7 Å². The first-order chi connectivity index (χ1) is 18.4. The zero-order chi connectivity index (χ0) is 26.6. The largest absolute Gasteiger partial charge is 0.368 e. The molecule has 3 aliphatic rings. The third-order valence-electron chi connectivity index (χ3n) is 6.88. The van der Waals surface area contributed by atoms with Crippen LogP contribution in [-0.2, 0) is 9.59 Å². The summed E-state index contributed by atoms with van der Waals surface area (Å²) >= 11 is 1.36. The lowest BCUT2D eigenvalue weighted by atomic mass is 10.1. The highest BCUT2D eigenvalue weighted by atomic mass is 32.2. The number of anilines is 2. The molecule has 5 rings (SSSR count). The second-order valence-electron chi connectivity index (χ2n) is 9.42. The average molecular weight is 537 g/mol. The van der Waals surface area contributed by atoms with Crippen LogP contribution in [0.5, 0.6) is 0 Å². The molecule has 3 aliphatic heterocycles. The number of piperazine rings is 1. The van der Waals surface area contributed by atoms with Gasteiger partial charge in [-0.15, -0.1) is 0 Å². The van der Waals surface area contributed by atoms with Crippen LogP contribution >= 0.6 is 11.8 Å². The maximum atomic E-state index is 13.0. The molecule has 11 nitrogen and oxygen atoms in total. The van der Waals surface area contributed by atoms with E-state index in [0.29, 0.717) is 37.4 Å². The van der Waals surface area contributed by atoms with Gasteiger partial charge in [-0.3, -0.25) is 24.5 Å². The van der Waals surface area contributed by atoms with Crippen molar-refractivity contribution in [2.45, 2.75) is 24.5 Å². The molecular formula is C26H28N6O5S. The van der Waals surface area contributed by atoms with Gasteiger partial charge in [0.05, 0.1) is 4.92 Å². The molecule has 2 saturated heterocycles.